The van der Waals surface area contributed by atoms with E-state index < -0.39 is 17.9 Å². The molecule has 1 aliphatic heterocycles. The van der Waals surface area contributed by atoms with Crippen LogP contribution >= 0.6 is 27.5 Å². The molecule has 1 aliphatic rings. The molecular weight excluding hydrogens is 460 g/mol. The largest absolute Gasteiger partial charge is 0.477 e. The summed E-state index contributed by atoms with van der Waals surface area (Å²) >= 11 is 9.54. The van der Waals surface area contributed by atoms with Crippen LogP contribution < -0.4 is 10.6 Å². The molecule has 29 heavy (non-hydrogen) atoms. The molecule has 0 spiro atoms. The number of fused-ring (bicyclic) bond motifs is 1. The van der Waals surface area contributed by atoms with E-state index in [0.717, 1.165) is 10.0 Å². The van der Waals surface area contributed by atoms with Crippen LogP contribution in [0.4, 0.5) is 11.5 Å². The van der Waals surface area contributed by atoms with Crippen molar-refractivity contribution in [3.05, 3.63) is 87.1 Å². The number of aromatic nitrogens is 2. The number of amides is 1. The van der Waals surface area contributed by atoms with Gasteiger partial charge in [0.25, 0.3) is 5.91 Å². The van der Waals surface area contributed by atoms with Crippen LogP contribution in [0.5, 0.6) is 0 Å². The Kier molecular flexibility index (Phi) is 5.12. The molecule has 2 heterocycles. The van der Waals surface area contributed by atoms with E-state index in [1.54, 1.807) is 35.0 Å². The molecule has 3 aromatic rings. The average molecular weight is 474 g/mol. The number of hydrogen-bond acceptors (Lipinski definition) is 4. The minimum atomic E-state index is -1.13. The molecule has 4 rings (SSSR count). The number of rotatable bonds is 4. The number of benzene rings is 2. The van der Waals surface area contributed by atoms with Gasteiger partial charge in [0.2, 0.25) is 0 Å². The number of nitrogens with zero attached hydrogens (tertiary/aromatic N) is 2. The second-order valence-electron chi connectivity index (χ2n) is 6.30. The van der Waals surface area contributed by atoms with Crippen molar-refractivity contribution in [2.24, 2.45) is 0 Å². The first-order valence-corrected chi connectivity index (χ1v) is 9.72. The Labute approximate surface area is 179 Å². The Morgan fingerprint density at radius 3 is 2.72 bits per heavy atom. The van der Waals surface area contributed by atoms with Gasteiger partial charge in [-0.3, -0.25) is 4.79 Å². The fraction of sp³-hybridized carbons (Fsp3) is 0.0500. The van der Waals surface area contributed by atoms with Crippen molar-refractivity contribution < 1.29 is 14.7 Å². The van der Waals surface area contributed by atoms with Crippen LogP contribution in [0.15, 0.2) is 71.0 Å². The molecular formula is C20H14BrClN4O3. The third-order valence-electron chi connectivity index (χ3n) is 4.42. The van der Waals surface area contributed by atoms with Crippen molar-refractivity contribution in [1.82, 2.24) is 9.78 Å². The number of carbonyl (C=O) groups is 2. The highest BCUT2D eigenvalue weighted by atomic mass is 79.9. The molecule has 9 heteroatoms. The van der Waals surface area contributed by atoms with Gasteiger partial charge in [0.15, 0.2) is 0 Å². The van der Waals surface area contributed by atoms with E-state index in [0.29, 0.717) is 16.5 Å². The topological polar surface area (TPSA) is 96.2 Å². The van der Waals surface area contributed by atoms with Gasteiger partial charge in [-0.05, 0) is 35.9 Å². The van der Waals surface area contributed by atoms with E-state index in [-0.39, 0.29) is 11.3 Å². The van der Waals surface area contributed by atoms with Crippen LogP contribution in [0.3, 0.4) is 0 Å². The lowest BCUT2D eigenvalue weighted by Crippen LogP contribution is -2.25. The number of anilines is 2. The van der Waals surface area contributed by atoms with Gasteiger partial charge in [-0.15, -0.1) is 0 Å². The molecule has 0 aliphatic carbocycles. The summed E-state index contributed by atoms with van der Waals surface area (Å²) in [4.78, 5) is 24.5. The first-order chi connectivity index (χ1) is 13.9. The molecule has 0 fully saturated rings. The Balaban J connectivity index is 1.74. The summed E-state index contributed by atoms with van der Waals surface area (Å²) in [6.45, 7) is 0. The number of hydrogen-bond donors (Lipinski definition) is 3. The van der Waals surface area contributed by atoms with E-state index >= 15 is 0 Å². The van der Waals surface area contributed by atoms with E-state index in [1.807, 2.05) is 24.3 Å². The van der Waals surface area contributed by atoms with Crippen molar-refractivity contribution in [2.75, 3.05) is 10.6 Å². The molecule has 0 bridgehead atoms. The van der Waals surface area contributed by atoms with E-state index in [1.165, 1.54) is 6.20 Å². The SMILES string of the molecule is O=C(O)C1=C[C@H](c2cccc(Br)c2)n2ncc(C(=O)Nc3ccccc3Cl)c2N1. The predicted octanol–water partition coefficient (Wildman–Crippen LogP) is 4.53. The monoisotopic (exact) mass is 472 g/mol. The predicted molar refractivity (Wildman–Crippen MR) is 113 cm³/mol. The normalized spacial score (nSPS) is 15.1. The van der Waals surface area contributed by atoms with E-state index in [4.69, 9.17) is 11.6 Å². The molecule has 7 nitrogen and oxygen atoms in total. The average Bonchev–Trinajstić information content (AvgIpc) is 3.13. The summed E-state index contributed by atoms with van der Waals surface area (Å²) < 4.78 is 2.43. The molecule has 1 atom stereocenters. The highest BCUT2D eigenvalue weighted by Crippen LogP contribution is 2.33. The number of aliphatic carboxylic acids is 1. The Bertz CT molecular complexity index is 1160. The minimum absolute atomic E-state index is 0.0326. The van der Waals surface area contributed by atoms with Gasteiger partial charge in [-0.2, -0.15) is 5.10 Å². The molecule has 0 unspecified atom stereocenters. The minimum Gasteiger partial charge on any atom is -0.477 e. The van der Waals surface area contributed by atoms with Crippen molar-refractivity contribution in [3.63, 3.8) is 0 Å². The Morgan fingerprint density at radius 1 is 1.21 bits per heavy atom. The lowest BCUT2D eigenvalue weighted by Gasteiger charge is -2.24. The van der Waals surface area contributed by atoms with Crippen LogP contribution in [-0.2, 0) is 4.79 Å². The molecule has 0 radical (unpaired) electrons. The standard InChI is InChI=1S/C20H14BrClN4O3/c21-12-5-3-4-11(8-12)17-9-16(20(28)29)24-18-13(10-23-26(17)18)19(27)25-15-7-2-1-6-14(15)22/h1-10,17,24H,(H,25,27)(H,28,29)/t17-/m1/s1. The summed E-state index contributed by atoms with van der Waals surface area (Å²) in [6.07, 6.45) is 2.96. The van der Waals surface area contributed by atoms with Crippen molar-refractivity contribution in [3.8, 4) is 0 Å². The van der Waals surface area contributed by atoms with Crippen LogP contribution in [-0.4, -0.2) is 26.8 Å². The third kappa shape index (κ3) is 3.76. The number of halogens is 2. The summed E-state index contributed by atoms with van der Waals surface area (Å²) in [5, 5.41) is 19.8. The van der Waals surface area contributed by atoms with Gasteiger partial charge in [0, 0.05) is 4.47 Å². The summed E-state index contributed by atoms with van der Waals surface area (Å²) in [5.41, 5.74) is 1.45. The van der Waals surface area contributed by atoms with Gasteiger partial charge in [0.05, 0.1) is 22.9 Å². The quantitative estimate of drug-likeness (QED) is 0.517. The summed E-state index contributed by atoms with van der Waals surface area (Å²) in [5.74, 6) is -1.29. The lowest BCUT2D eigenvalue weighted by molar-refractivity contribution is -0.132. The Hall–Kier alpha value is -3.10. The fourth-order valence-electron chi connectivity index (χ4n) is 3.07. The molecule has 2 aromatic carbocycles. The second-order valence-corrected chi connectivity index (χ2v) is 7.62. The lowest BCUT2D eigenvalue weighted by atomic mass is 10.0. The fourth-order valence-corrected chi connectivity index (χ4v) is 3.67. The molecule has 0 saturated heterocycles. The van der Waals surface area contributed by atoms with Crippen LogP contribution in [0.1, 0.15) is 22.0 Å². The smallest absolute Gasteiger partial charge is 0.352 e. The third-order valence-corrected chi connectivity index (χ3v) is 5.25. The molecule has 1 amide bonds. The first kappa shape index (κ1) is 19.2. The van der Waals surface area contributed by atoms with Crippen molar-refractivity contribution in [1.29, 1.82) is 0 Å². The van der Waals surface area contributed by atoms with Gasteiger partial charge in [0.1, 0.15) is 17.1 Å². The van der Waals surface area contributed by atoms with Crippen LogP contribution in [0, 0.1) is 0 Å². The maximum absolute atomic E-state index is 12.8. The molecule has 0 saturated carbocycles. The number of carbonyl (C=O) groups excluding carboxylic acids is 1. The molecule has 146 valence electrons. The van der Waals surface area contributed by atoms with Gasteiger partial charge in [-0.25, -0.2) is 9.48 Å². The highest BCUT2D eigenvalue weighted by molar-refractivity contribution is 9.10. The molecule has 1 aromatic heterocycles. The zero-order valence-electron chi connectivity index (χ0n) is 14.8. The highest BCUT2D eigenvalue weighted by Gasteiger charge is 2.29. The summed E-state index contributed by atoms with van der Waals surface area (Å²) in [7, 11) is 0. The van der Waals surface area contributed by atoms with Crippen molar-refractivity contribution >= 4 is 50.9 Å². The number of carboxylic acid groups (broad SMARTS) is 1. The number of carboxylic acids is 1. The van der Waals surface area contributed by atoms with Crippen molar-refractivity contribution in [2.45, 2.75) is 6.04 Å². The maximum Gasteiger partial charge on any atom is 0.352 e. The summed E-state index contributed by atoms with van der Waals surface area (Å²) in [6, 6.07) is 13.8. The zero-order valence-corrected chi connectivity index (χ0v) is 17.1. The van der Waals surface area contributed by atoms with E-state index in [9.17, 15) is 14.7 Å². The van der Waals surface area contributed by atoms with Gasteiger partial charge < -0.3 is 15.7 Å². The molecule has 3 N–H and O–H groups in total. The number of allylic oxidation sites excluding steroid dienone is 1. The second kappa shape index (κ2) is 7.73. The Morgan fingerprint density at radius 2 is 2.00 bits per heavy atom. The first-order valence-electron chi connectivity index (χ1n) is 8.55. The van der Waals surface area contributed by atoms with Gasteiger partial charge in [-0.1, -0.05) is 51.8 Å². The van der Waals surface area contributed by atoms with Gasteiger partial charge >= 0.3 is 5.97 Å². The van der Waals surface area contributed by atoms with E-state index in [2.05, 4.69) is 31.7 Å². The number of nitrogens with one attached hydrogen (secondary N) is 2. The maximum atomic E-state index is 12.8. The van der Waals surface area contributed by atoms with Crippen LogP contribution in [0.25, 0.3) is 0 Å². The zero-order chi connectivity index (χ0) is 20.5. The number of para-hydroxylation sites is 1. The van der Waals surface area contributed by atoms with Crippen LogP contribution in [0.2, 0.25) is 5.02 Å².